The molecule has 1 N–H and O–H groups in total. The number of nitrogens with zero attached hydrogens (tertiary/aromatic N) is 3. The minimum absolute atomic E-state index is 0.144. The molecule has 1 aromatic heterocycles. The molecule has 7 heteroatoms. The summed E-state index contributed by atoms with van der Waals surface area (Å²) in [6.45, 7) is 5.00. The lowest BCUT2D eigenvalue weighted by atomic mass is 9.97. The fraction of sp³-hybridized carbons (Fsp3) is 0.625. The van der Waals surface area contributed by atoms with Crippen molar-refractivity contribution >= 4 is 11.9 Å². The number of aromatic nitrogens is 4. The SMILES string of the molecule is CC(C)(C)C(=O)OC(=O)Cc1nnn[nH]1. The summed E-state index contributed by atoms with van der Waals surface area (Å²) in [5.41, 5.74) is -0.699. The Hall–Kier alpha value is -1.79. The van der Waals surface area contributed by atoms with Gasteiger partial charge in [-0.25, -0.2) is 5.10 Å². The number of tetrazole rings is 1. The van der Waals surface area contributed by atoms with Gasteiger partial charge in [-0.15, -0.1) is 5.10 Å². The van der Waals surface area contributed by atoms with Gasteiger partial charge in [0.1, 0.15) is 6.42 Å². The minimum atomic E-state index is -0.699. The van der Waals surface area contributed by atoms with Crippen molar-refractivity contribution in [3.05, 3.63) is 5.82 Å². The van der Waals surface area contributed by atoms with Crippen LogP contribution in [0, 0.1) is 5.41 Å². The maximum atomic E-state index is 11.3. The van der Waals surface area contributed by atoms with Crippen LogP contribution in [0.5, 0.6) is 0 Å². The molecule has 0 bridgehead atoms. The molecule has 82 valence electrons. The van der Waals surface area contributed by atoms with Gasteiger partial charge in [0, 0.05) is 0 Å². The van der Waals surface area contributed by atoms with E-state index in [1.165, 1.54) is 0 Å². The summed E-state index contributed by atoms with van der Waals surface area (Å²) in [6.07, 6.45) is -0.144. The summed E-state index contributed by atoms with van der Waals surface area (Å²) in [5.74, 6) is -0.977. The number of carbonyl (C=O) groups is 2. The highest BCUT2D eigenvalue weighted by atomic mass is 16.6. The number of rotatable bonds is 2. The van der Waals surface area contributed by atoms with Crippen molar-refractivity contribution in [2.75, 3.05) is 0 Å². The molecule has 0 radical (unpaired) electrons. The van der Waals surface area contributed by atoms with Crippen LogP contribution >= 0.6 is 0 Å². The molecule has 15 heavy (non-hydrogen) atoms. The molecule has 0 atom stereocenters. The first kappa shape index (κ1) is 11.3. The van der Waals surface area contributed by atoms with Crippen LogP contribution in [0.3, 0.4) is 0 Å². The molecule has 1 rings (SSSR count). The number of ether oxygens (including phenoxy) is 1. The van der Waals surface area contributed by atoms with E-state index in [0.29, 0.717) is 0 Å². The number of aromatic amines is 1. The van der Waals surface area contributed by atoms with Crippen molar-refractivity contribution in [2.24, 2.45) is 5.41 Å². The number of carbonyl (C=O) groups excluding carboxylic acids is 2. The zero-order valence-corrected chi connectivity index (χ0v) is 8.77. The molecule has 0 spiro atoms. The zero-order chi connectivity index (χ0) is 11.5. The Bertz CT molecular complexity index is 352. The average molecular weight is 212 g/mol. The largest absolute Gasteiger partial charge is 0.392 e. The summed E-state index contributed by atoms with van der Waals surface area (Å²) in [5, 5.41) is 12.5. The van der Waals surface area contributed by atoms with Crippen LogP contribution in [0.25, 0.3) is 0 Å². The van der Waals surface area contributed by atoms with E-state index in [1.807, 2.05) is 0 Å². The molecule has 0 unspecified atom stereocenters. The topological polar surface area (TPSA) is 97.8 Å². The van der Waals surface area contributed by atoms with Crippen LogP contribution in [0.1, 0.15) is 26.6 Å². The van der Waals surface area contributed by atoms with E-state index < -0.39 is 17.4 Å². The molecule has 0 aliphatic heterocycles. The monoisotopic (exact) mass is 212 g/mol. The first-order chi connectivity index (χ1) is 6.89. The first-order valence-electron chi connectivity index (χ1n) is 4.37. The number of hydrogen-bond acceptors (Lipinski definition) is 6. The third-order valence-electron chi connectivity index (χ3n) is 1.52. The van der Waals surface area contributed by atoms with Gasteiger partial charge in [0.05, 0.1) is 5.41 Å². The van der Waals surface area contributed by atoms with Crippen molar-refractivity contribution in [3.8, 4) is 0 Å². The maximum absolute atomic E-state index is 11.3. The second kappa shape index (κ2) is 4.16. The highest BCUT2D eigenvalue weighted by molar-refractivity contribution is 5.88. The molecule has 1 aromatic rings. The van der Waals surface area contributed by atoms with Gasteiger partial charge in [-0.05, 0) is 31.2 Å². The van der Waals surface area contributed by atoms with Gasteiger partial charge in [-0.3, -0.25) is 9.59 Å². The Labute approximate surface area is 86.2 Å². The van der Waals surface area contributed by atoms with E-state index in [-0.39, 0.29) is 12.2 Å². The van der Waals surface area contributed by atoms with Crippen molar-refractivity contribution in [1.29, 1.82) is 0 Å². The third-order valence-corrected chi connectivity index (χ3v) is 1.52. The second-order valence-electron chi connectivity index (χ2n) is 4.04. The summed E-state index contributed by atoms with van der Waals surface area (Å²) in [6, 6.07) is 0. The van der Waals surface area contributed by atoms with Gasteiger partial charge >= 0.3 is 11.9 Å². The summed E-state index contributed by atoms with van der Waals surface area (Å²) in [7, 11) is 0. The normalized spacial score (nSPS) is 11.1. The Morgan fingerprint density at radius 1 is 1.40 bits per heavy atom. The van der Waals surface area contributed by atoms with Gasteiger partial charge in [0.2, 0.25) is 0 Å². The predicted molar refractivity (Wildman–Crippen MR) is 48.4 cm³/mol. The fourth-order valence-electron chi connectivity index (χ4n) is 0.683. The number of esters is 2. The van der Waals surface area contributed by atoms with Gasteiger partial charge in [0.15, 0.2) is 5.82 Å². The van der Waals surface area contributed by atoms with Crippen LogP contribution in [0.2, 0.25) is 0 Å². The third kappa shape index (κ3) is 3.45. The molecule has 7 nitrogen and oxygen atoms in total. The first-order valence-corrected chi connectivity index (χ1v) is 4.37. The molecule has 1 heterocycles. The van der Waals surface area contributed by atoms with E-state index in [9.17, 15) is 9.59 Å². The molecule has 0 saturated heterocycles. The molecule has 0 aliphatic carbocycles. The summed E-state index contributed by atoms with van der Waals surface area (Å²) < 4.78 is 4.59. The van der Waals surface area contributed by atoms with Gasteiger partial charge < -0.3 is 4.74 Å². The van der Waals surface area contributed by atoms with Crippen LogP contribution in [-0.2, 0) is 20.7 Å². The van der Waals surface area contributed by atoms with Crippen LogP contribution in [-0.4, -0.2) is 32.6 Å². The number of H-pyrrole nitrogens is 1. The standard InChI is InChI=1S/C8H12N4O3/c1-8(2,3)7(14)15-6(13)4-5-9-11-12-10-5/h4H2,1-3H3,(H,9,10,11,12). The van der Waals surface area contributed by atoms with E-state index in [2.05, 4.69) is 25.4 Å². The predicted octanol–water partition coefficient (Wildman–Crippen LogP) is -0.142. The Balaban J connectivity index is 2.47. The Kier molecular flexibility index (Phi) is 3.13. The number of nitrogens with one attached hydrogen (secondary N) is 1. The summed E-state index contributed by atoms with van der Waals surface area (Å²) in [4.78, 5) is 22.5. The molecule has 0 fully saturated rings. The lowest BCUT2D eigenvalue weighted by Crippen LogP contribution is -2.26. The van der Waals surface area contributed by atoms with Crippen molar-refractivity contribution < 1.29 is 14.3 Å². The molecule has 0 aromatic carbocycles. The van der Waals surface area contributed by atoms with Crippen LogP contribution in [0.15, 0.2) is 0 Å². The maximum Gasteiger partial charge on any atom is 0.321 e. The van der Waals surface area contributed by atoms with E-state index in [1.54, 1.807) is 20.8 Å². The van der Waals surface area contributed by atoms with Crippen LogP contribution in [0.4, 0.5) is 0 Å². The Morgan fingerprint density at radius 2 is 2.07 bits per heavy atom. The van der Waals surface area contributed by atoms with Crippen molar-refractivity contribution in [1.82, 2.24) is 20.6 Å². The highest BCUT2D eigenvalue weighted by Crippen LogP contribution is 2.15. The lowest BCUT2D eigenvalue weighted by Gasteiger charge is -2.14. The van der Waals surface area contributed by atoms with E-state index >= 15 is 0 Å². The lowest BCUT2D eigenvalue weighted by molar-refractivity contribution is -0.165. The highest BCUT2D eigenvalue weighted by Gasteiger charge is 2.26. The van der Waals surface area contributed by atoms with Crippen LogP contribution < -0.4 is 0 Å². The molecular weight excluding hydrogens is 200 g/mol. The smallest absolute Gasteiger partial charge is 0.321 e. The summed E-state index contributed by atoms with van der Waals surface area (Å²) >= 11 is 0. The Morgan fingerprint density at radius 3 is 2.53 bits per heavy atom. The molecular formula is C8H12N4O3. The quantitative estimate of drug-likeness (QED) is 0.541. The van der Waals surface area contributed by atoms with Gasteiger partial charge in [-0.2, -0.15) is 0 Å². The van der Waals surface area contributed by atoms with Gasteiger partial charge in [-0.1, -0.05) is 0 Å². The van der Waals surface area contributed by atoms with E-state index in [0.717, 1.165) is 0 Å². The molecule has 0 amide bonds. The molecule has 0 saturated carbocycles. The van der Waals surface area contributed by atoms with Crippen molar-refractivity contribution in [2.45, 2.75) is 27.2 Å². The van der Waals surface area contributed by atoms with Gasteiger partial charge in [0.25, 0.3) is 0 Å². The van der Waals surface area contributed by atoms with E-state index in [4.69, 9.17) is 0 Å². The average Bonchev–Trinajstić information content (AvgIpc) is 2.54. The number of hydrogen-bond donors (Lipinski definition) is 1. The van der Waals surface area contributed by atoms with Crippen molar-refractivity contribution in [3.63, 3.8) is 0 Å². The fourth-order valence-corrected chi connectivity index (χ4v) is 0.683. The second-order valence-corrected chi connectivity index (χ2v) is 4.04. The molecule has 0 aliphatic rings. The minimum Gasteiger partial charge on any atom is -0.392 e. The zero-order valence-electron chi connectivity index (χ0n) is 8.77.